The average Bonchev–Trinajstić information content (AvgIpc) is 2.98. The minimum absolute atomic E-state index is 0.0304. The summed E-state index contributed by atoms with van der Waals surface area (Å²) in [5.41, 5.74) is 0.331. The summed E-state index contributed by atoms with van der Waals surface area (Å²) in [6.45, 7) is 0. The summed E-state index contributed by atoms with van der Waals surface area (Å²) in [6, 6.07) is 12.0. The number of carboxylic acids is 1. The predicted octanol–water partition coefficient (Wildman–Crippen LogP) is 2.79. The number of fused-ring (bicyclic) bond motifs is 1. The first-order chi connectivity index (χ1) is 11.7. The third-order valence-corrected chi connectivity index (χ3v) is 4.58. The Kier molecular flexibility index (Phi) is 4.05. The molecule has 3 rings (SSSR count). The number of carbonyl (C=O) groups excluding carboxylic acids is 1. The Hall–Kier alpha value is -3.13. The molecule has 2 N–H and O–H groups in total. The number of rotatable bonds is 4. The number of anilines is 1. The van der Waals surface area contributed by atoms with Gasteiger partial charge in [-0.2, -0.15) is 0 Å². The van der Waals surface area contributed by atoms with E-state index in [1.807, 2.05) is 0 Å². The van der Waals surface area contributed by atoms with Crippen LogP contribution in [0.25, 0.3) is 11.0 Å². The maximum Gasteiger partial charge on any atom is 0.335 e. The molecule has 0 bridgehead atoms. The van der Waals surface area contributed by atoms with Crippen LogP contribution in [-0.2, 0) is 9.84 Å². The fourth-order valence-corrected chi connectivity index (χ4v) is 2.98. The van der Waals surface area contributed by atoms with Crippen LogP contribution in [0.5, 0.6) is 0 Å². The normalized spacial score (nSPS) is 11.4. The SMILES string of the molecule is CS(=O)(=O)c1cc(NC(=O)c2cc3ccccc3o2)cc(C(=O)O)c1. The molecule has 128 valence electrons. The van der Waals surface area contributed by atoms with Gasteiger partial charge in [-0.25, -0.2) is 13.2 Å². The number of para-hydroxylation sites is 1. The zero-order valence-corrected chi connectivity index (χ0v) is 13.8. The zero-order chi connectivity index (χ0) is 18.2. The summed E-state index contributed by atoms with van der Waals surface area (Å²) < 4.78 is 28.8. The van der Waals surface area contributed by atoms with Crippen LogP contribution in [-0.4, -0.2) is 31.7 Å². The fourth-order valence-electron chi connectivity index (χ4n) is 2.30. The summed E-state index contributed by atoms with van der Waals surface area (Å²) in [7, 11) is -3.64. The number of carbonyl (C=O) groups is 2. The van der Waals surface area contributed by atoms with Crippen molar-refractivity contribution in [2.75, 3.05) is 11.6 Å². The van der Waals surface area contributed by atoms with E-state index in [-0.39, 0.29) is 21.9 Å². The van der Waals surface area contributed by atoms with E-state index in [9.17, 15) is 18.0 Å². The molecule has 0 atom stereocenters. The van der Waals surface area contributed by atoms with Gasteiger partial charge in [-0.1, -0.05) is 18.2 Å². The lowest BCUT2D eigenvalue weighted by atomic mass is 10.2. The number of hydrogen-bond acceptors (Lipinski definition) is 5. The molecule has 0 spiro atoms. The number of furan rings is 1. The first-order valence-corrected chi connectivity index (χ1v) is 9.01. The summed E-state index contributed by atoms with van der Waals surface area (Å²) in [5, 5.41) is 12.3. The zero-order valence-electron chi connectivity index (χ0n) is 13.0. The number of nitrogens with one attached hydrogen (secondary N) is 1. The van der Waals surface area contributed by atoms with Gasteiger partial charge < -0.3 is 14.8 Å². The molecule has 2 aromatic carbocycles. The minimum Gasteiger partial charge on any atom is -0.478 e. The molecule has 1 heterocycles. The first kappa shape index (κ1) is 16.7. The van der Waals surface area contributed by atoms with Gasteiger partial charge in [-0.05, 0) is 30.3 Å². The second-order valence-corrected chi connectivity index (χ2v) is 7.44. The van der Waals surface area contributed by atoms with Gasteiger partial charge in [0.05, 0.1) is 10.5 Å². The van der Waals surface area contributed by atoms with Crippen LogP contribution in [0.4, 0.5) is 5.69 Å². The monoisotopic (exact) mass is 359 g/mol. The highest BCUT2D eigenvalue weighted by atomic mass is 32.2. The molecular formula is C17H13NO6S. The Morgan fingerprint density at radius 2 is 1.80 bits per heavy atom. The number of amides is 1. The predicted molar refractivity (Wildman–Crippen MR) is 90.7 cm³/mol. The number of carboxylic acid groups (broad SMARTS) is 1. The molecule has 3 aromatic rings. The van der Waals surface area contributed by atoms with Gasteiger partial charge in [-0.3, -0.25) is 4.79 Å². The maximum atomic E-state index is 12.3. The van der Waals surface area contributed by atoms with E-state index < -0.39 is 21.7 Å². The molecule has 1 aromatic heterocycles. The highest BCUT2D eigenvalue weighted by Crippen LogP contribution is 2.22. The lowest BCUT2D eigenvalue weighted by Gasteiger charge is -2.07. The van der Waals surface area contributed by atoms with Crippen molar-refractivity contribution in [2.45, 2.75) is 4.90 Å². The van der Waals surface area contributed by atoms with E-state index in [0.29, 0.717) is 5.58 Å². The number of sulfone groups is 1. The molecule has 0 aliphatic carbocycles. The van der Waals surface area contributed by atoms with Crippen LogP contribution in [0.1, 0.15) is 20.9 Å². The Morgan fingerprint density at radius 1 is 1.08 bits per heavy atom. The third kappa shape index (κ3) is 3.53. The van der Waals surface area contributed by atoms with Crippen LogP contribution in [0.3, 0.4) is 0 Å². The van der Waals surface area contributed by atoms with E-state index in [0.717, 1.165) is 17.7 Å². The van der Waals surface area contributed by atoms with Crippen LogP contribution >= 0.6 is 0 Å². The Balaban J connectivity index is 1.97. The lowest BCUT2D eigenvalue weighted by molar-refractivity contribution is 0.0696. The molecule has 0 aliphatic rings. The Bertz CT molecular complexity index is 1060. The number of aromatic carboxylic acids is 1. The fraction of sp³-hybridized carbons (Fsp3) is 0.0588. The number of hydrogen-bond donors (Lipinski definition) is 2. The van der Waals surface area contributed by atoms with Crippen LogP contribution in [0, 0.1) is 0 Å². The maximum absolute atomic E-state index is 12.3. The molecule has 0 radical (unpaired) electrons. The Morgan fingerprint density at radius 3 is 2.44 bits per heavy atom. The smallest absolute Gasteiger partial charge is 0.335 e. The van der Waals surface area contributed by atoms with E-state index in [2.05, 4.69) is 5.32 Å². The molecular weight excluding hydrogens is 346 g/mol. The van der Waals surface area contributed by atoms with Crippen molar-refractivity contribution in [3.8, 4) is 0 Å². The van der Waals surface area contributed by atoms with Gasteiger partial charge in [0.2, 0.25) is 0 Å². The van der Waals surface area contributed by atoms with Crippen LogP contribution < -0.4 is 5.32 Å². The quantitative estimate of drug-likeness (QED) is 0.740. The summed E-state index contributed by atoms with van der Waals surface area (Å²) in [6.07, 6.45) is 0.957. The van der Waals surface area contributed by atoms with Crippen molar-refractivity contribution in [1.82, 2.24) is 0 Å². The van der Waals surface area contributed by atoms with Gasteiger partial charge in [0.25, 0.3) is 5.91 Å². The largest absolute Gasteiger partial charge is 0.478 e. The molecule has 0 saturated heterocycles. The van der Waals surface area contributed by atoms with Crippen molar-refractivity contribution >= 4 is 38.4 Å². The van der Waals surface area contributed by atoms with Gasteiger partial charge >= 0.3 is 5.97 Å². The van der Waals surface area contributed by atoms with Gasteiger partial charge in [0.1, 0.15) is 5.58 Å². The van der Waals surface area contributed by atoms with Crippen LogP contribution in [0.15, 0.2) is 57.8 Å². The van der Waals surface area contributed by atoms with Crippen molar-refractivity contribution in [2.24, 2.45) is 0 Å². The van der Waals surface area contributed by atoms with Crippen molar-refractivity contribution < 1.29 is 27.5 Å². The summed E-state index contributed by atoms with van der Waals surface area (Å²) in [5.74, 6) is -1.88. The second-order valence-electron chi connectivity index (χ2n) is 5.43. The highest BCUT2D eigenvalue weighted by molar-refractivity contribution is 7.90. The molecule has 0 unspecified atom stereocenters. The molecule has 8 heteroatoms. The van der Waals surface area contributed by atoms with E-state index in [4.69, 9.17) is 9.52 Å². The van der Waals surface area contributed by atoms with Gasteiger partial charge in [0, 0.05) is 17.3 Å². The van der Waals surface area contributed by atoms with Crippen molar-refractivity contribution in [3.63, 3.8) is 0 Å². The molecule has 0 saturated carbocycles. The van der Waals surface area contributed by atoms with Crippen molar-refractivity contribution in [3.05, 3.63) is 59.9 Å². The average molecular weight is 359 g/mol. The second kappa shape index (κ2) is 6.06. The summed E-state index contributed by atoms with van der Waals surface area (Å²) >= 11 is 0. The molecule has 0 aliphatic heterocycles. The topological polar surface area (TPSA) is 114 Å². The van der Waals surface area contributed by atoms with Crippen molar-refractivity contribution in [1.29, 1.82) is 0 Å². The van der Waals surface area contributed by atoms with Gasteiger partial charge in [0.15, 0.2) is 15.6 Å². The number of benzene rings is 2. The first-order valence-electron chi connectivity index (χ1n) is 7.12. The van der Waals surface area contributed by atoms with E-state index >= 15 is 0 Å². The molecule has 7 nitrogen and oxygen atoms in total. The van der Waals surface area contributed by atoms with Gasteiger partial charge in [-0.15, -0.1) is 0 Å². The molecule has 25 heavy (non-hydrogen) atoms. The lowest BCUT2D eigenvalue weighted by Crippen LogP contribution is -2.12. The Labute approximate surface area is 142 Å². The van der Waals surface area contributed by atoms with E-state index in [1.54, 1.807) is 30.3 Å². The molecule has 0 fully saturated rings. The molecule has 1 amide bonds. The summed E-state index contributed by atoms with van der Waals surface area (Å²) in [4.78, 5) is 23.3. The highest BCUT2D eigenvalue weighted by Gasteiger charge is 2.17. The van der Waals surface area contributed by atoms with Crippen LogP contribution in [0.2, 0.25) is 0 Å². The van der Waals surface area contributed by atoms with E-state index in [1.165, 1.54) is 12.1 Å². The third-order valence-electron chi connectivity index (χ3n) is 3.49. The minimum atomic E-state index is -3.64. The standard InChI is InChI=1S/C17H13NO6S/c1-25(22,23)13-7-11(17(20)21)6-12(9-13)18-16(19)15-8-10-4-2-3-5-14(10)24-15/h2-9H,1H3,(H,18,19)(H,20,21).